The number of nitro groups is 1. The van der Waals surface area contributed by atoms with Gasteiger partial charge < -0.3 is 15.6 Å². The fraction of sp³-hybridized carbons (Fsp3) is 0.364. The minimum absolute atomic E-state index is 0. The van der Waals surface area contributed by atoms with Crippen LogP contribution in [0.15, 0.2) is 16.6 Å². The predicted molar refractivity (Wildman–Crippen MR) is 78.2 cm³/mol. The molecule has 1 atom stereocenters. The molecule has 124 valence electrons. The maximum atomic E-state index is 13.8. The number of ether oxygens (including phenoxy) is 1. The fourth-order valence-corrected chi connectivity index (χ4v) is 1.99. The molecule has 0 aliphatic heterocycles. The number of alkyl halides is 2. The zero-order valence-corrected chi connectivity index (χ0v) is 13.5. The molecule has 0 saturated heterocycles. The van der Waals surface area contributed by atoms with Crippen LogP contribution in [0.4, 0.5) is 14.5 Å². The highest BCUT2D eigenvalue weighted by Crippen LogP contribution is 2.41. The van der Waals surface area contributed by atoms with E-state index in [9.17, 15) is 28.8 Å². The Balaban J connectivity index is 0.00000441. The number of aromatic hydroxyl groups is 1. The van der Waals surface area contributed by atoms with E-state index in [4.69, 9.17) is 5.73 Å². The molecule has 0 radical (unpaired) electrons. The minimum atomic E-state index is -4.15. The number of phenolic OH excluding ortho intramolecular Hbond substituents is 1. The van der Waals surface area contributed by atoms with Crippen molar-refractivity contribution in [2.24, 2.45) is 5.73 Å². The largest absolute Gasteiger partial charge is 0.502 e. The first kappa shape index (κ1) is 20.5. The van der Waals surface area contributed by atoms with Crippen LogP contribution in [0.25, 0.3) is 0 Å². The predicted octanol–water partition coefficient (Wildman–Crippen LogP) is 2.68. The van der Waals surface area contributed by atoms with E-state index in [1.54, 1.807) is 0 Å². The molecule has 11 heteroatoms. The number of carbonyl (C=O) groups excluding carboxylic acids is 1. The zero-order valence-electron chi connectivity index (χ0n) is 11.1. The molecule has 0 amide bonds. The Morgan fingerprint density at radius 1 is 1.59 bits per heavy atom. The van der Waals surface area contributed by atoms with Crippen LogP contribution in [0.1, 0.15) is 18.5 Å². The van der Waals surface area contributed by atoms with Gasteiger partial charge in [-0.05, 0) is 13.0 Å². The Labute approximate surface area is 138 Å². The number of hydrogen-bond donors (Lipinski definition) is 2. The van der Waals surface area contributed by atoms with E-state index in [2.05, 4.69) is 20.7 Å². The quantitative estimate of drug-likeness (QED) is 0.442. The van der Waals surface area contributed by atoms with E-state index in [0.29, 0.717) is 0 Å². The average molecular weight is 406 g/mol. The highest BCUT2D eigenvalue weighted by Gasteiger charge is 2.49. The minimum Gasteiger partial charge on any atom is -0.502 e. The first-order chi connectivity index (χ1) is 9.62. The van der Waals surface area contributed by atoms with E-state index < -0.39 is 39.9 Å². The van der Waals surface area contributed by atoms with Gasteiger partial charge in [-0.1, -0.05) is 15.9 Å². The number of rotatable bonds is 5. The van der Waals surface area contributed by atoms with E-state index in [1.165, 1.54) is 6.92 Å². The number of halogens is 4. The Kier molecular flexibility index (Phi) is 7.13. The summed E-state index contributed by atoms with van der Waals surface area (Å²) in [7, 11) is 0. The highest BCUT2D eigenvalue weighted by atomic mass is 79.9. The summed E-state index contributed by atoms with van der Waals surface area (Å²) in [6, 6.07) is -0.401. The van der Waals surface area contributed by atoms with Gasteiger partial charge in [0.15, 0.2) is 5.75 Å². The molecule has 0 aliphatic carbocycles. The Bertz CT molecular complexity index is 588. The summed E-state index contributed by atoms with van der Waals surface area (Å²) in [6.07, 6.45) is 0. The lowest BCUT2D eigenvalue weighted by molar-refractivity contribution is -0.386. The van der Waals surface area contributed by atoms with Crippen LogP contribution >= 0.6 is 28.3 Å². The van der Waals surface area contributed by atoms with Gasteiger partial charge in [0.2, 0.25) is 0 Å². The van der Waals surface area contributed by atoms with Gasteiger partial charge in [-0.25, -0.2) is 4.79 Å². The van der Waals surface area contributed by atoms with E-state index in [-0.39, 0.29) is 23.5 Å². The van der Waals surface area contributed by atoms with Gasteiger partial charge in [0.05, 0.1) is 11.5 Å². The lowest BCUT2D eigenvalue weighted by atomic mass is 9.99. The van der Waals surface area contributed by atoms with Gasteiger partial charge in [-0.15, -0.1) is 12.4 Å². The van der Waals surface area contributed by atoms with Crippen molar-refractivity contribution >= 4 is 40.0 Å². The number of benzene rings is 1. The van der Waals surface area contributed by atoms with Gasteiger partial charge in [-0.2, -0.15) is 8.78 Å². The van der Waals surface area contributed by atoms with Gasteiger partial charge in [0.25, 0.3) is 0 Å². The molecule has 0 fully saturated rings. The van der Waals surface area contributed by atoms with Crippen molar-refractivity contribution in [3.63, 3.8) is 0 Å². The number of phenols is 1. The SMILES string of the molecule is CCOC(=O)C(F)(F)[C@@H](N)c1cc(Br)cc([N+](=O)[O-])c1O.Cl. The number of esters is 1. The number of nitrogens with zero attached hydrogens (tertiary/aromatic N) is 1. The third-order valence-electron chi connectivity index (χ3n) is 2.55. The maximum Gasteiger partial charge on any atom is 0.379 e. The molecular formula is C11H12BrClF2N2O5. The smallest absolute Gasteiger partial charge is 0.379 e. The highest BCUT2D eigenvalue weighted by molar-refractivity contribution is 9.10. The second-order valence-electron chi connectivity index (χ2n) is 3.94. The molecule has 0 aliphatic rings. The van der Waals surface area contributed by atoms with Crippen LogP contribution in [-0.2, 0) is 9.53 Å². The molecule has 1 aromatic rings. The molecular weight excluding hydrogens is 393 g/mol. The summed E-state index contributed by atoms with van der Waals surface area (Å²) in [5, 5.41) is 20.4. The fourth-order valence-electron chi connectivity index (χ4n) is 1.53. The number of carbonyl (C=O) groups is 1. The summed E-state index contributed by atoms with van der Waals surface area (Å²) >= 11 is 2.89. The molecule has 3 N–H and O–H groups in total. The average Bonchev–Trinajstić information content (AvgIpc) is 2.40. The van der Waals surface area contributed by atoms with Gasteiger partial charge in [-0.3, -0.25) is 10.1 Å². The summed E-state index contributed by atoms with van der Waals surface area (Å²) in [5.74, 6) is -7.05. The summed E-state index contributed by atoms with van der Waals surface area (Å²) in [4.78, 5) is 21.0. The topological polar surface area (TPSA) is 116 Å². The van der Waals surface area contributed by atoms with E-state index in [0.717, 1.165) is 12.1 Å². The van der Waals surface area contributed by atoms with Crippen LogP contribution in [0.3, 0.4) is 0 Å². The van der Waals surface area contributed by atoms with Crippen LogP contribution in [0, 0.1) is 10.1 Å². The van der Waals surface area contributed by atoms with Crippen LogP contribution in [0.5, 0.6) is 5.75 Å². The third kappa shape index (κ3) is 4.02. The Morgan fingerprint density at radius 2 is 2.14 bits per heavy atom. The standard InChI is InChI=1S/C11H11BrF2N2O5.ClH/c1-2-21-10(18)11(13,14)9(15)6-3-5(12)4-7(8(6)17)16(19)20;/h3-4,9,17H,2,15H2,1H3;1H/t9-;/m0./s1. The summed E-state index contributed by atoms with van der Waals surface area (Å²) in [6.45, 7) is 1.05. The molecule has 1 aromatic carbocycles. The second kappa shape index (κ2) is 7.65. The number of nitrogens with two attached hydrogens (primary N) is 1. The van der Waals surface area contributed by atoms with Gasteiger partial charge in [0, 0.05) is 16.1 Å². The van der Waals surface area contributed by atoms with E-state index in [1.807, 2.05) is 0 Å². The van der Waals surface area contributed by atoms with Crippen LogP contribution < -0.4 is 5.73 Å². The first-order valence-corrected chi connectivity index (χ1v) is 6.39. The summed E-state index contributed by atoms with van der Waals surface area (Å²) < 4.78 is 31.9. The molecule has 0 saturated carbocycles. The molecule has 22 heavy (non-hydrogen) atoms. The first-order valence-electron chi connectivity index (χ1n) is 5.60. The van der Waals surface area contributed by atoms with E-state index >= 15 is 0 Å². The Hall–Kier alpha value is -1.52. The van der Waals surface area contributed by atoms with Gasteiger partial charge >= 0.3 is 17.6 Å². The number of nitro benzene ring substituents is 1. The lowest BCUT2D eigenvalue weighted by Crippen LogP contribution is -2.41. The number of hydrogen-bond acceptors (Lipinski definition) is 6. The molecule has 0 bridgehead atoms. The molecule has 0 aromatic heterocycles. The van der Waals surface area contributed by atoms with Crippen molar-refractivity contribution in [2.45, 2.75) is 18.9 Å². The monoisotopic (exact) mass is 404 g/mol. The normalized spacial score (nSPS) is 12.2. The van der Waals surface area contributed by atoms with Crippen molar-refractivity contribution in [1.82, 2.24) is 0 Å². The molecule has 0 heterocycles. The molecule has 1 rings (SSSR count). The van der Waals surface area contributed by atoms with Crippen molar-refractivity contribution in [3.05, 3.63) is 32.3 Å². The molecule has 7 nitrogen and oxygen atoms in total. The lowest BCUT2D eigenvalue weighted by Gasteiger charge is -2.22. The maximum absolute atomic E-state index is 13.8. The zero-order chi connectivity index (χ0) is 16.4. The van der Waals surface area contributed by atoms with Crippen molar-refractivity contribution in [1.29, 1.82) is 0 Å². The van der Waals surface area contributed by atoms with Crippen molar-refractivity contribution < 1.29 is 28.3 Å². The van der Waals surface area contributed by atoms with Crippen LogP contribution in [-0.4, -0.2) is 28.5 Å². The van der Waals surface area contributed by atoms with Crippen LogP contribution in [0.2, 0.25) is 0 Å². The third-order valence-corrected chi connectivity index (χ3v) is 3.01. The van der Waals surface area contributed by atoms with Crippen molar-refractivity contribution in [2.75, 3.05) is 6.61 Å². The summed E-state index contributed by atoms with van der Waals surface area (Å²) in [5.41, 5.74) is 3.83. The molecule has 0 spiro atoms. The molecule has 0 unspecified atom stereocenters. The van der Waals surface area contributed by atoms with Crippen molar-refractivity contribution in [3.8, 4) is 5.75 Å². The second-order valence-corrected chi connectivity index (χ2v) is 4.86. The Morgan fingerprint density at radius 3 is 2.59 bits per heavy atom. The van der Waals surface area contributed by atoms with Gasteiger partial charge in [0.1, 0.15) is 6.04 Å².